The molecule has 1 amide bonds. The quantitative estimate of drug-likeness (QED) is 0.832. The molecule has 1 unspecified atom stereocenters. The van der Waals surface area contributed by atoms with E-state index in [2.05, 4.69) is 0 Å². The molecule has 6 nitrogen and oxygen atoms in total. The van der Waals surface area contributed by atoms with E-state index in [9.17, 15) is 18.0 Å². The highest BCUT2D eigenvalue weighted by Gasteiger charge is 2.37. The van der Waals surface area contributed by atoms with Crippen molar-refractivity contribution in [3.8, 4) is 0 Å². The molecule has 2 aliphatic rings. The average Bonchev–Trinajstić information content (AvgIpc) is 2.79. The minimum absolute atomic E-state index is 0.00318. The minimum atomic E-state index is -3.01. The zero-order valence-corrected chi connectivity index (χ0v) is 13.1. The number of amides is 1. The molecule has 2 fully saturated rings. The molecule has 0 bridgehead atoms. The van der Waals surface area contributed by atoms with Crippen LogP contribution in [0.2, 0.25) is 0 Å². The van der Waals surface area contributed by atoms with Gasteiger partial charge in [-0.05, 0) is 39.0 Å². The number of carboxylic acid groups (broad SMARTS) is 1. The van der Waals surface area contributed by atoms with Crippen LogP contribution in [0, 0.1) is 11.8 Å². The fourth-order valence-corrected chi connectivity index (χ4v) is 5.17. The third-order valence-corrected chi connectivity index (χ3v) is 6.45. The van der Waals surface area contributed by atoms with Gasteiger partial charge in [-0.3, -0.25) is 9.59 Å². The lowest BCUT2D eigenvalue weighted by Gasteiger charge is -2.33. The van der Waals surface area contributed by atoms with E-state index in [-0.39, 0.29) is 35.3 Å². The summed E-state index contributed by atoms with van der Waals surface area (Å²) in [7, 11) is -3.01. The summed E-state index contributed by atoms with van der Waals surface area (Å²) in [6, 6.07) is -0.204. The molecule has 0 spiro atoms. The molecule has 1 heterocycles. The monoisotopic (exact) mass is 317 g/mol. The first-order chi connectivity index (χ1) is 9.84. The molecular formula is C14H23NO5S. The van der Waals surface area contributed by atoms with Gasteiger partial charge in [0, 0.05) is 18.5 Å². The molecule has 1 aliphatic heterocycles. The molecule has 1 saturated heterocycles. The second-order valence-corrected chi connectivity index (χ2v) is 8.30. The van der Waals surface area contributed by atoms with E-state index < -0.39 is 15.8 Å². The predicted octanol–water partition coefficient (Wildman–Crippen LogP) is 0.913. The van der Waals surface area contributed by atoms with Crippen molar-refractivity contribution < 1.29 is 23.1 Å². The Balaban J connectivity index is 1.97. The van der Waals surface area contributed by atoms with E-state index in [4.69, 9.17) is 5.11 Å². The van der Waals surface area contributed by atoms with Gasteiger partial charge in [-0.25, -0.2) is 8.42 Å². The maximum absolute atomic E-state index is 12.6. The Morgan fingerprint density at radius 1 is 1.10 bits per heavy atom. The number of sulfone groups is 1. The zero-order chi connectivity index (χ0) is 15.6. The van der Waals surface area contributed by atoms with Crippen molar-refractivity contribution in [2.24, 2.45) is 11.8 Å². The van der Waals surface area contributed by atoms with Crippen molar-refractivity contribution in [3.05, 3.63) is 0 Å². The van der Waals surface area contributed by atoms with Crippen molar-refractivity contribution in [2.75, 3.05) is 18.1 Å². The second-order valence-electron chi connectivity index (χ2n) is 6.07. The first kappa shape index (κ1) is 16.3. The van der Waals surface area contributed by atoms with Gasteiger partial charge in [-0.2, -0.15) is 0 Å². The van der Waals surface area contributed by atoms with Crippen LogP contribution in [-0.4, -0.2) is 54.4 Å². The largest absolute Gasteiger partial charge is 0.481 e. The Hall–Kier alpha value is -1.11. The SMILES string of the molecule is CCN(C(=O)C1CCC(C(=O)O)CC1)C1CCS(=O)(=O)C1. The van der Waals surface area contributed by atoms with Crippen molar-refractivity contribution in [3.63, 3.8) is 0 Å². The lowest BCUT2D eigenvalue weighted by atomic mass is 9.81. The molecule has 1 saturated carbocycles. The lowest BCUT2D eigenvalue weighted by molar-refractivity contribution is -0.146. The van der Waals surface area contributed by atoms with Gasteiger partial charge in [0.1, 0.15) is 0 Å². The molecule has 21 heavy (non-hydrogen) atoms. The highest BCUT2D eigenvalue weighted by Crippen LogP contribution is 2.31. The van der Waals surface area contributed by atoms with Crippen LogP contribution in [0.3, 0.4) is 0 Å². The first-order valence-corrected chi connectivity index (χ1v) is 9.40. The van der Waals surface area contributed by atoms with Crippen molar-refractivity contribution in [1.29, 1.82) is 0 Å². The van der Waals surface area contributed by atoms with Crippen molar-refractivity contribution >= 4 is 21.7 Å². The summed E-state index contributed by atoms with van der Waals surface area (Å²) >= 11 is 0. The van der Waals surface area contributed by atoms with Crippen LogP contribution < -0.4 is 0 Å². The van der Waals surface area contributed by atoms with E-state index >= 15 is 0 Å². The lowest BCUT2D eigenvalue weighted by Crippen LogP contribution is -2.45. The smallest absolute Gasteiger partial charge is 0.306 e. The molecule has 120 valence electrons. The summed E-state index contributed by atoms with van der Waals surface area (Å²) in [6.07, 6.45) is 2.77. The van der Waals surface area contributed by atoms with Crippen LogP contribution in [0.1, 0.15) is 39.0 Å². The van der Waals surface area contributed by atoms with Crippen LogP contribution in [-0.2, 0) is 19.4 Å². The molecule has 0 aromatic heterocycles. The van der Waals surface area contributed by atoms with Crippen molar-refractivity contribution in [1.82, 2.24) is 4.90 Å². The molecule has 2 rings (SSSR count). The number of nitrogens with zero attached hydrogens (tertiary/aromatic N) is 1. The van der Waals surface area contributed by atoms with Gasteiger partial charge in [-0.1, -0.05) is 0 Å². The number of hydrogen-bond acceptors (Lipinski definition) is 4. The standard InChI is InChI=1S/C14H23NO5S/c1-2-15(12-7-8-21(19,20)9-12)13(16)10-3-5-11(6-4-10)14(17)18/h10-12H,2-9H2,1H3,(H,17,18). The van der Waals surface area contributed by atoms with Gasteiger partial charge in [0.05, 0.1) is 17.4 Å². The number of carbonyl (C=O) groups excluding carboxylic acids is 1. The van der Waals surface area contributed by atoms with E-state index in [1.54, 1.807) is 4.90 Å². The number of rotatable bonds is 4. The fraction of sp³-hybridized carbons (Fsp3) is 0.857. The summed E-state index contributed by atoms with van der Waals surface area (Å²) in [5.41, 5.74) is 0. The molecule has 1 atom stereocenters. The Kier molecular flexibility index (Phi) is 4.91. The predicted molar refractivity (Wildman–Crippen MR) is 77.5 cm³/mol. The number of carbonyl (C=O) groups is 2. The number of carboxylic acids is 1. The van der Waals surface area contributed by atoms with E-state index in [0.717, 1.165) is 0 Å². The number of hydrogen-bond donors (Lipinski definition) is 1. The molecular weight excluding hydrogens is 294 g/mol. The Bertz CT molecular complexity index is 507. The van der Waals surface area contributed by atoms with E-state index in [0.29, 0.717) is 38.6 Å². The van der Waals surface area contributed by atoms with Gasteiger partial charge in [0.25, 0.3) is 0 Å². The zero-order valence-electron chi connectivity index (χ0n) is 12.3. The maximum Gasteiger partial charge on any atom is 0.306 e. The normalized spacial score (nSPS) is 31.8. The summed E-state index contributed by atoms with van der Waals surface area (Å²) in [5.74, 6) is -1.04. The molecule has 1 aliphatic carbocycles. The van der Waals surface area contributed by atoms with Gasteiger partial charge in [0.2, 0.25) is 5.91 Å². The summed E-state index contributed by atoms with van der Waals surface area (Å²) < 4.78 is 23.1. The van der Waals surface area contributed by atoms with Gasteiger partial charge in [-0.15, -0.1) is 0 Å². The van der Waals surface area contributed by atoms with Crippen LogP contribution in [0.25, 0.3) is 0 Å². The molecule has 0 aromatic rings. The van der Waals surface area contributed by atoms with Gasteiger partial charge >= 0.3 is 5.97 Å². The van der Waals surface area contributed by atoms with Crippen molar-refractivity contribution in [2.45, 2.75) is 45.1 Å². The van der Waals surface area contributed by atoms with Gasteiger partial charge in [0.15, 0.2) is 9.84 Å². The molecule has 0 radical (unpaired) electrons. The third kappa shape index (κ3) is 3.75. The molecule has 1 N–H and O–H groups in total. The topological polar surface area (TPSA) is 91.8 Å². The van der Waals surface area contributed by atoms with Crippen LogP contribution >= 0.6 is 0 Å². The van der Waals surface area contributed by atoms with Gasteiger partial charge < -0.3 is 10.0 Å². The first-order valence-electron chi connectivity index (χ1n) is 7.57. The molecule has 7 heteroatoms. The minimum Gasteiger partial charge on any atom is -0.481 e. The highest BCUT2D eigenvalue weighted by atomic mass is 32.2. The van der Waals surface area contributed by atoms with E-state index in [1.807, 2.05) is 6.92 Å². The molecule has 0 aromatic carbocycles. The third-order valence-electron chi connectivity index (χ3n) is 4.70. The second kappa shape index (κ2) is 6.34. The summed E-state index contributed by atoms with van der Waals surface area (Å²) in [6.45, 7) is 2.38. The Labute approximate surface area is 125 Å². The summed E-state index contributed by atoms with van der Waals surface area (Å²) in [4.78, 5) is 25.2. The van der Waals surface area contributed by atoms with Crippen LogP contribution in [0.4, 0.5) is 0 Å². The Morgan fingerprint density at radius 2 is 1.67 bits per heavy atom. The average molecular weight is 317 g/mol. The number of aliphatic carboxylic acids is 1. The van der Waals surface area contributed by atoms with E-state index in [1.165, 1.54) is 0 Å². The summed E-state index contributed by atoms with van der Waals surface area (Å²) in [5, 5.41) is 8.99. The highest BCUT2D eigenvalue weighted by molar-refractivity contribution is 7.91. The Morgan fingerprint density at radius 3 is 2.10 bits per heavy atom. The maximum atomic E-state index is 12.6. The van der Waals surface area contributed by atoms with Crippen LogP contribution in [0.15, 0.2) is 0 Å². The van der Waals surface area contributed by atoms with Crippen LogP contribution in [0.5, 0.6) is 0 Å². The fourth-order valence-electron chi connectivity index (χ4n) is 3.44.